The van der Waals surface area contributed by atoms with Crippen molar-refractivity contribution in [1.82, 2.24) is 20.0 Å². The summed E-state index contributed by atoms with van der Waals surface area (Å²) in [5, 5.41) is 8.55. The van der Waals surface area contributed by atoms with Crippen molar-refractivity contribution in [2.75, 3.05) is 19.6 Å². The third kappa shape index (κ3) is 4.72. The lowest BCUT2D eigenvalue weighted by atomic mass is 9.90. The van der Waals surface area contributed by atoms with Gasteiger partial charge in [-0.2, -0.15) is 5.10 Å². The number of rotatable bonds is 7. The van der Waals surface area contributed by atoms with Crippen molar-refractivity contribution in [1.29, 1.82) is 0 Å². The first kappa shape index (κ1) is 20.1. The third-order valence-corrected chi connectivity index (χ3v) is 6.32. The van der Waals surface area contributed by atoms with Gasteiger partial charge in [-0.3, -0.25) is 9.48 Å². The predicted molar refractivity (Wildman–Crippen MR) is 116 cm³/mol. The van der Waals surface area contributed by atoms with Gasteiger partial charge in [-0.1, -0.05) is 37.3 Å². The van der Waals surface area contributed by atoms with Gasteiger partial charge < -0.3 is 10.2 Å². The molecule has 1 amide bonds. The lowest BCUT2D eigenvalue weighted by Crippen LogP contribution is -2.38. The Hall–Kier alpha value is -2.14. The maximum Gasteiger partial charge on any atom is 0.274 e. The first-order chi connectivity index (χ1) is 14.3. The van der Waals surface area contributed by atoms with Gasteiger partial charge in [0.1, 0.15) is 0 Å². The Labute approximate surface area is 174 Å². The summed E-state index contributed by atoms with van der Waals surface area (Å²) in [5.74, 6) is 0.153. The van der Waals surface area contributed by atoms with Gasteiger partial charge in [-0.15, -0.1) is 0 Å². The number of benzene rings is 1. The van der Waals surface area contributed by atoms with Crippen LogP contribution < -0.4 is 5.32 Å². The second-order valence-corrected chi connectivity index (χ2v) is 8.48. The highest BCUT2D eigenvalue weighted by molar-refractivity contribution is 5.94. The zero-order chi connectivity index (χ0) is 20.1. The molecule has 1 aliphatic heterocycles. The Kier molecular flexibility index (Phi) is 6.65. The molecule has 0 radical (unpaired) electrons. The first-order valence-electron chi connectivity index (χ1n) is 11.4. The molecule has 2 aromatic rings. The standard InChI is InChI=1S/C24H34N4O/c1-2-15-28-22-12-11-20(25-14-13-19-9-5-3-6-10-19)18-21(22)23(26-28)24(29)27-16-7-4-8-17-27/h3,5-6,9-10,20,25H,2,4,7-8,11-18H2,1H3. The van der Waals surface area contributed by atoms with Crippen LogP contribution >= 0.6 is 0 Å². The van der Waals surface area contributed by atoms with Crippen LogP contribution in [0.1, 0.15) is 66.3 Å². The second kappa shape index (κ2) is 9.57. The summed E-state index contributed by atoms with van der Waals surface area (Å²) in [7, 11) is 0. The molecule has 0 bridgehead atoms. The lowest BCUT2D eigenvalue weighted by Gasteiger charge is -2.28. The molecule has 1 unspecified atom stereocenters. The number of amides is 1. The zero-order valence-corrected chi connectivity index (χ0v) is 17.7. The van der Waals surface area contributed by atoms with E-state index >= 15 is 0 Å². The van der Waals surface area contributed by atoms with Crippen LogP contribution in [0.5, 0.6) is 0 Å². The Morgan fingerprint density at radius 1 is 1.17 bits per heavy atom. The molecule has 29 heavy (non-hydrogen) atoms. The fourth-order valence-corrected chi connectivity index (χ4v) is 4.74. The summed E-state index contributed by atoms with van der Waals surface area (Å²) < 4.78 is 2.12. The van der Waals surface area contributed by atoms with Gasteiger partial charge in [0.2, 0.25) is 0 Å². The van der Waals surface area contributed by atoms with Crippen molar-refractivity contribution in [2.45, 2.75) is 70.9 Å². The maximum absolute atomic E-state index is 13.2. The minimum absolute atomic E-state index is 0.153. The highest BCUT2D eigenvalue weighted by atomic mass is 16.2. The number of nitrogens with one attached hydrogen (secondary N) is 1. The lowest BCUT2D eigenvalue weighted by molar-refractivity contribution is 0.0716. The van der Waals surface area contributed by atoms with E-state index in [2.05, 4.69) is 47.3 Å². The van der Waals surface area contributed by atoms with E-state index in [-0.39, 0.29) is 5.91 Å². The molecule has 2 aliphatic rings. The summed E-state index contributed by atoms with van der Waals surface area (Å²) in [6.07, 6.45) is 8.61. The number of carbonyl (C=O) groups is 1. The molecule has 5 nitrogen and oxygen atoms in total. The van der Waals surface area contributed by atoms with E-state index in [1.807, 2.05) is 4.90 Å². The molecule has 1 aromatic heterocycles. The summed E-state index contributed by atoms with van der Waals surface area (Å²) in [5.41, 5.74) is 4.60. The average molecular weight is 395 g/mol. The molecule has 1 N–H and O–H groups in total. The topological polar surface area (TPSA) is 50.2 Å². The summed E-state index contributed by atoms with van der Waals surface area (Å²) >= 11 is 0. The number of aromatic nitrogens is 2. The van der Waals surface area contributed by atoms with Crippen molar-refractivity contribution in [3.8, 4) is 0 Å². The Balaban J connectivity index is 1.45. The molecule has 2 heterocycles. The first-order valence-corrected chi connectivity index (χ1v) is 11.4. The number of hydrogen-bond donors (Lipinski definition) is 1. The average Bonchev–Trinajstić information content (AvgIpc) is 3.13. The minimum atomic E-state index is 0.153. The van der Waals surface area contributed by atoms with Crippen LogP contribution in [0.2, 0.25) is 0 Å². The third-order valence-electron chi connectivity index (χ3n) is 6.32. The van der Waals surface area contributed by atoms with Crippen LogP contribution in [0, 0.1) is 0 Å². The normalized spacial score (nSPS) is 19.2. The number of nitrogens with zero attached hydrogens (tertiary/aromatic N) is 3. The summed E-state index contributed by atoms with van der Waals surface area (Å²) in [6, 6.07) is 11.1. The molecule has 1 atom stereocenters. The van der Waals surface area contributed by atoms with Crippen molar-refractivity contribution in [3.63, 3.8) is 0 Å². The van der Waals surface area contributed by atoms with Gasteiger partial charge in [0.15, 0.2) is 5.69 Å². The zero-order valence-electron chi connectivity index (χ0n) is 17.7. The van der Waals surface area contributed by atoms with Crippen LogP contribution in [0.3, 0.4) is 0 Å². The van der Waals surface area contributed by atoms with E-state index in [0.29, 0.717) is 6.04 Å². The molecule has 1 fully saturated rings. The van der Waals surface area contributed by atoms with Crippen LogP contribution in [0.15, 0.2) is 30.3 Å². The van der Waals surface area contributed by atoms with E-state index in [1.54, 1.807) is 0 Å². The number of hydrogen-bond acceptors (Lipinski definition) is 3. The number of carbonyl (C=O) groups excluding carboxylic acids is 1. The smallest absolute Gasteiger partial charge is 0.274 e. The molecule has 1 aliphatic carbocycles. The van der Waals surface area contributed by atoms with E-state index in [1.165, 1.54) is 23.2 Å². The van der Waals surface area contributed by atoms with Crippen LogP contribution in [0.4, 0.5) is 0 Å². The van der Waals surface area contributed by atoms with Gasteiger partial charge in [0, 0.05) is 36.9 Å². The Bertz CT molecular complexity index is 808. The van der Waals surface area contributed by atoms with E-state index in [9.17, 15) is 4.79 Å². The fourth-order valence-electron chi connectivity index (χ4n) is 4.74. The molecule has 0 saturated carbocycles. The van der Waals surface area contributed by atoms with Crippen molar-refractivity contribution in [2.24, 2.45) is 0 Å². The van der Waals surface area contributed by atoms with Gasteiger partial charge in [0.05, 0.1) is 0 Å². The van der Waals surface area contributed by atoms with Gasteiger partial charge in [0.25, 0.3) is 5.91 Å². The molecule has 5 heteroatoms. The van der Waals surface area contributed by atoms with Crippen LogP contribution in [0.25, 0.3) is 0 Å². The molecule has 4 rings (SSSR count). The number of aryl methyl sites for hydroxylation is 1. The minimum Gasteiger partial charge on any atom is -0.337 e. The largest absolute Gasteiger partial charge is 0.337 e. The molecular weight excluding hydrogens is 360 g/mol. The van der Waals surface area contributed by atoms with Crippen LogP contribution in [-0.4, -0.2) is 46.3 Å². The van der Waals surface area contributed by atoms with E-state index in [0.717, 1.165) is 76.8 Å². The maximum atomic E-state index is 13.2. The summed E-state index contributed by atoms with van der Waals surface area (Å²) in [6.45, 7) is 5.82. The van der Waals surface area contributed by atoms with Gasteiger partial charge >= 0.3 is 0 Å². The number of fused-ring (bicyclic) bond motifs is 1. The van der Waals surface area contributed by atoms with E-state index in [4.69, 9.17) is 5.10 Å². The van der Waals surface area contributed by atoms with Crippen molar-refractivity contribution >= 4 is 5.91 Å². The van der Waals surface area contributed by atoms with E-state index < -0.39 is 0 Å². The van der Waals surface area contributed by atoms with Crippen LogP contribution in [-0.2, 0) is 25.8 Å². The number of likely N-dealkylation sites (tertiary alicyclic amines) is 1. The molecule has 1 aromatic carbocycles. The SMILES string of the molecule is CCCn1nc(C(=O)N2CCCCC2)c2c1CCC(NCCc1ccccc1)C2. The Morgan fingerprint density at radius 2 is 1.97 bits per heavy atom. The highest BCUT2D eigenvalue weighted by Crippen LogP contribution is 2.27. The molecular formula is C24H34N4O. The second-order valence-electron chi connectivity index (χ2n) is 8.48. The molecule has 0 spiro atoms. The van der Waals surface area contributed by atoms with Gasteiger partial charge in [-0.05, 0) is 63.5 Å². The fraction of sp³-hybridized carbons (Fsp3) is 0.583. The Morgan fingerprint density at radius 3 is 2.72 bits per heavy atom. The number of piperidine rings is 1. The van der Waals surface area contributed by atoms with Crippen molar-refractivity contribution in [3.05, 3.63) is 52.8 Å². The quantitative estimate of drug-likeness (QED) is 0.780. The van der Waals surface area contributed by atoms with Gasteiger partial charge in [-0.25, -0.2) is 0 Å². The molecule has 1 saturated heterocycles. The monoisotopic (exact) mass is 394 g/mol. The summed E-state index contributed by atoms with van der Waals surface area (Å²) in [4.78, 5) is 15.2. The molecule has 156 valence electrons. The highest BCUT2D eigenvalue weighted by Gasteiger charge is 2.31. The predicted octanol–water partition coefficient (Wildman–Crippen LogP) is 3.61. The van der Waals surface area contributed by atoms with Crippen molar-refractivity contribution < 1.29 is 4.79 Å².